The predicted octanol–water partition coefficient (Wildman–Crippen LogP) is 1.42. The minimum atomic E-state index is -3.52. The normalized spacial score (nSPS) is 10.6. The second-order valence-electron chi connectivity index (χ2n) is 2.59. The van der Waals surface area contributed by atoms with Crippen LogP contribution in [-0.4, -0.2) is 66.4 Å². The Balaban J connectivity index is 0.00000169. The van der Waals surface area contributed by atoms with E-state index < -0.39 is 10.1 Å². The Bertz CT molecular complexity index is 348. The van der Waals surface area contributed by atoms with Crippen LogP contribution in [0.3, 0.4) is 0 Å². The molecule has 0 fully saturated rings. The van der Waals surface area contributed by atoms with Crippen LogP contribution in [0.2, 0.25) is 0 Å². The van der Waals surface area contributed by atoms with Gasteiger partial charge in [-0.3, -0.25) is 4.18 Å². The summed E-state index contributed by atoms with van der Waals surface area (Å²) in [5.74, 6) is 0. The van der Waals surface area contributed by atoms with E-state index in [2.05, 4.69) is 0 Å². The monoisotopic (exact) mass is 239 g/mol. The standard InChI is InChI=1S/C9H12O3S.K/c1-2-8-12-13(10,11)9-6-4-3-5-7-9;/h3-7H,2,8H2,1H3;. The van der Waals surface area contributed by atoms with Gasteiger partial charge in [-0.1, -0.05) is 25.1 Å². The molecule has 0 atom stereocenters. The Hall–Kier alpha value is 0.766. The molecular weight excluding hydrogens is 227 g/mol. The molecule has 0 N–H and O–H groups in total. The van der Waals surface area contributed by atoms with E-state index in [1.807, 2.05) is 6.92 Å². The molecule has 0 unspecified atom stereocenters. The van der Waals surface area contributed by atoms with Gasteiger partial charge in [-0.25, -0.2) is 0 Å². The first kappa shape index (κ1) is 14.8. The van der Waals surface area contributed by atoms with Gasteiger partial charge in [0.15, 0.2) is 0 Å². The van der Waals surface area contributed by atoms with Crippen LogP contribution in [0.25, 0.3) is 0 Å². The third-order valence-corrected chi connectivity index (χ3v) is 2.80. The molecule has 1 aromatic carbocycles. The zero-order chi connectivity index (χ0) is 9.73. The maximum atomic E-state index is 11.4. The number of rotatable bonds is 4. The average Bonchev–Trinajstić information content (AvgIpc) is 2.16. The van der Waals surface area contributed by atoms with E-state index in [4.69, 9.17) is 4.18 Å². The van der Waals surface area contributed by atoms with Crippen molar-refractivity contribution in [3.63, 3.8) is 0 Å². The van der Waals surface area contributed by atoms with Gasteiger partial charge in [-0.05, 0) is 18.6 Å². The van der Waals surface area contributed by atoms with Crippen molar-refractivity contribution >= 4 is 61.5 Å². The van der Waals surface area contributed by atoms with Gasteiger partial charge in [0.1, 0.15) is 0 Å². The summed E-state index contributed by atoms with van der Waals surface area (Å²) in [6.07, 6.45) is 0.687. The van der Waals surface area contributed by atoms with Crippen LogP contribution in [0.1, 0.15) is 13.3 Å². The van der Waals surface area contributed by atoms with E-state index in [0.29, 0.717) is 6.42 Å². The second-order valence-corrected chi connectivity index (χ2v) is 4.20. The molecule has 0 spiro atoms. The fraction of sp³-hybridized carbons (Fsp3) is 0.333. The van der Waals surface area contributed by atoms with Gasteiger partial charge in [-0.15, -0.1) is 0 Å². The molecule has 1 rings (SSSR count). The number of hydrogen-bond acceptors (Lipinski definition) is 3. The van der Waals surface area contributed by atoms with Crippen LogP contribution in [0.4, 0.5) is 0 Å². The molecule has 5 heteroatoms. The minimum Gasteiger partial charge on any atom is -0.266 e. The van der Waals surface area contributed by atoms with Crippen molar-refractivity contribution in [1.82, 2.24) is 0 Å². The largest absolute Gasteiger partial charge is 0.296 e. The molecule has 0 aliphatic rings. The van der Waals surface area contributed by atoms with Crippen LogP contribution in [0.15, 0.2) is 35.2 Å². The summed E-state index contributed by atoms with van der Waals surface area (Å²) in [7, 11) is -3.52. The Labute approximate surface area is 127 Å². The molecule has 0 aliphatic heterocycles. The van der Waals surface area contributed by atoms with E-state index in [-0.39, 0.29) is 62.9 Å². The van der Waals surface area contributed by atoms with E-state index in [9.17, 15) is 8.42 Å². The molecule has 14 heavy (non-hydrogen) atoms. The maximum absolute atomic E-state index is 11.4. The average molecular weight is 239 g/mol. The van der Waals surface area contributed by atoms with E-state index in [1.165, 1.54) is 12.1 Å². The van der Waals surface area contributed by atoms with E-state index >= 15 is 0 Å². The molecule has 1 aromatic rings. The van der Waals surface area contributed by atoms with Gasteiger partial charge >= 0.3 is 0 Å². The van der Waals surface area contributed by atoms with Gasteiger partial charge in [0.05, 0.1) is 11.5 Å². The summed E-state index contributed by atoms with van der Waals surface area (Å²) in [6.45, 7) is 2.09. The molecule has 0 saturated heterocycles. The van der Waals surface area contributed by atoms with Crippen molar-refractivity contribution in [3.05, 3.63) is 30.3 Å². The molecule has 0 heterocycles. The van der Waals surface area contributed by atoms with Gasteiger partial charge < -0.3 is 0 Å². The number of hydrogen-bond donors (Lipinski definition) is 0. The van der Waals surface area contributed by atoms with Crippen LogP contribution in [0.5, 0.6) is 0 Å². The molecule has 1 radical (unpaired) electrons. The van der Waals surface area contributed by atoms with Crippen molar-refractivity contribution in [2.75, 3.05) is 6.61 Å². The van der Waals surface area contributed by atoms with Crippen molar-refractivity contribution in [1.29, 1.82) is 0 Å². The fourth-order valence-electron chi connectivity index (χ4n) is 0.848. The van der Waals surface area contributed by atoms with Gasteiger partial charge in [0.2, 0.25) is 0 Å². The van der Waals surface area contributed by atoms with Gasteiger partial charge in [-0.2, -0.15) is 8.42 Å². The van der Waals surface area contributed by atoms with Gasteiger partial charge in [0, 0.05) is 51.4 Å². The summed E-state index contributed by atoms with van der Waals surface area (Å²) in [5, 5.41) is 0. The van der Waals surface area contributed by atoms with E-state index in [1.54, 1.807) is 18.2 Å². The summed E-state index contributed by atoms with van der Waals surface area (Å²) in [4.78, 5) is 0.212. The first-order valence-corrected chi connectivity index (χ1v) is 5.52. The third-order valence-electron chi connectivity index (χ3n) is 1.47. The first-order chi connectivity index (χ1) is 6.17. The van der Waals surface area contributed by atoms with Crippen LogP contribution in [-0.2, 0) is 14.3 Å². The smallest absolute Gasteiger partial charge is 0.266 e. The molecule has 3 nitrogen and oxygen atoms in total. The van der Waals surface area contributed by atoms with Gasteiger partial charge in [0.25, 0.3) is 10.1 Å². The fourth-order valence-corrected chi connectivity index (χ4v) is 1.86. The predicted molar refractivity (Wildman–Crippen MR) is 55.6 cm³/mol. The third kappa shape index (κ3) is 4.52. The van der Waals surface area contributed by atoms with Crippen molar-refractivity contribution < 1.29 is 12.6 Å². The molecule has 0 aromatic heterocycles. The molecule has 0 saturated carbocycles. The van der Waals surface area contributed by atoms with Crippen LogP contribution < -0.4 is 0 Å². The van der Waals surface area contributed by atoms with Crippen molar-refractivity contribution in [2.24, 2.45) is 0 Å². The Morgan fingerprint density at radius 2 is 1.79 bits per heavy atom. The molecule has 0 aliphatic carbocycles. The van der Waals surface area contributed by atoms with Crippen molar-refractivity contribution in [2.45, 2.75) is 18.2 Å². The minimum absolute atomic E-state index is 0. The molecule has 73 valence electrons. The Morgan fingerprint density at radius 3 is 2.29 bits per heavy atom. The van der Waals surface area contributed by atoms with Crippen LogP contribution in [0, 0.1) is 0 Å². The zero-order valence-corrected chi connectivity index (χ0v) is 12.4. The van der Waals surface area contributed by atoms with Crippen LogP contribution >= 0.6 is 0 Å². The quantitative estimate of drug-likeness (QED) is 0.589. The molecule has 0 bridgehead atoms. The Kier molecular flexibility index (Phi) is 7.50. The number of benzene rings is 1. The summed E-state index contributed by atoms with van der Waals surface area (Å²) in [5.41, 5.74) is 0. The summed E-state index contributed by atoms with van der Waals surface area (Å²) in [6, 6.07) is 8.14. The Morgan fingerprint density at radius 1 is 1.21 bits per heavy atom. The van der Waals surface area contributed by atoms with E-state index in [0.717, 1.165) is 0 Å². The topological polar surface area (TPSA) is 43.4 Å². The zero-order valence-electron chi connectivity index (χ0n) is 8.43. The maximum Gasteiger partial charge on any atom is 0.296 e. The molecule has 0 amide bonds. The van der Waals surface area contributed by atoms with Crippen molar-refractivity contribution in [3.8, 4) is 0 Å². The first-order valence-electron chi connectivity index (χ1n) is 4.11. The summed E-state index contributed by atoms with van der Waals surface area (Å²) >= 11 is 0. The summed E-state index contributed by atoms with van der Waals surface area (Å²) < 4.78 is 27.5. The second kappa shape index (κ2) is 7.11. The molecular formula is C9H12KO3S. The SMILES string of the molecule is CCCOS(=O)(=O)c1ccccc1.[K].